The molecule has 0 atom stereocenters. The minimum Gasteiger partial charge on any atom is -0.397 e. The lowest BCUT2D eigenvalue weighted by atomic mass is 9.74. The maximum atomic E-state index is 13.6. The summed E-state index contributed by atoms with van der Waals surface area (Å²) in [5.74, 6) is -1.73. The molecule has 0 bridgehead atoms. The first-order chi connectivity index (χ1) is 7.58. The summed E-state index contributed by atoms with van der Waals surface area (Å²) >= 11 is 0. The molecule has 2 rings (SSSR count). The van der Waals surface area contributed by atoms with Gasteiger partial charge in [0.15, 0.2) is 11.6 Å². The largest absolute Gasteiger partial charge is 0.397 e. The maximum Gasteiger partial charge on any atom is 0.183 e. The van der Waals surface area contributed by atoms with Crippen LogP contribution < -0.4 is 11.1 Å². The highest BCUT2D eigenvalue weighted by molar-refractivity contribution is 5.68. The molecule has 3 N–H and O–H groups in total. The van der Waals surface area contributed by atoms with Crippen molar-refractivity contribution in [3.05, 3.63) is 23.8 Å². The molecule has 1 fully saturated rings. The van der Waals surface area contributed by atoms with Gasteiger partial charge >= 0.3 is 0 Å². The average molecular weight is 226 g/mol. The van der Waals surface area contributed by atoms with Gasteiger partial charge in [-0.3, -0.25) is 0 Å². The van der Waals surface area contributed by atoms with Crippen LogP contribution >= 0.6 is 0 Å². The summed E-state index contributed by atoms with van der Waals surface area (Å²) in [4.78, 5) is 0. The van der Waals surface area contributed by atoms with Crippen molar-refractivity contribution in [3.8, 4) is 0 Å². The van der Waals surface area contributed by atoms with Crippen LogP contribution in [0, 0.1) is 11.6 Å². The third-order valence-corrected chi connectivity index (χ3v) is 3.50. The van der Waals surface area contributed by atoms with E-state index in [0.717, 1.165) is 31.7 Å². The van der Waals surface area contributed by atoms with E-state index >= 15 is 0 Å². The molecular weight excluding hydrogens is 210 g/mol. The number of halogens is 2. The van der Waals surface area contributed by atoms with Crippen molar-refractivity contribution in [2.24, 2.45) is 0 Å². The third kappa shape index (κ3) is 1.72. The van der Waals surface area contributed by atoms with Crippen LogP contribution in [0.25, 0.3) is 0 Å². The summed E-state index contributed by atoms with van der Waals surface area (Å²) in [5, 5.41) is 3.08. The Balaban J connectivity index is 2.30. The predicted molar refractivity (Wildman–Crippen MR) is 61.3 cm³/mol. The van der Waals surface area contributed by atoms with E-state index in [1.54, 1.807) is 0 Å². The van der Waals surface area contributed by atoms with Crippen molar-refractivity contribution in [2.45, 2.75) is 38.1 Å². The first-order valence-corrected chi connectivity index (χ1v) is 5.60. The van der Waals surface area contributed by atoms with Crippen molar-refractivity contribution in [3.63, 3.8) is 0 Å². The van der Waals surface area contributed by atoms with Crippen LogP contribution in [0.3, 0.4) is 0 Å². The SMILES string of the molecule is CCC1(Nc2c(N)ccc(F)c2F)CCC1. The van der Waals surface area contributed by atoms with Crippen LogP contribution in [0.1, 0.15) is 32.6 Å². The van der Waals surface area contributed by atoms with E-state index in [0.29, 0.717) is 0 Å². The summed E-state index contributed by atoms with van der Waals surface area (Å²) in [5.41, 5.74) is 5.94. The summed E-state index contributed by atoms with van der Waals surface area (Å²) < 4.78 is 26.7. The van der Waals surface area contributed by atoms with E-state index < -0.39 is 11.6 Å². The molecule has 4 heteroatoms. The predicted octanol–water partition coefficient (Wildman–Crippen LogP) is 3.29. The Labute approximate surface area is 93.8 Å². The van der Waals surface area contributed by atoms with E-state index in [4.69, 9.17) is 5.73 Å². The van der Waals surface area contributed by atoms with Gasteiger partial charge in [-0.2, -0.15) is 0 Å². The van der Waals surface area contributed by atoms with Gasteiger partial charge in [-0.15, -0.1) is 0 Å². The van der Waals surface area contributed by atoms with Crippen LogP contribution in [-0.4, -0.2) is 5.54 Å². The summed E-state index contributed by atoms with van der Waals surface area (Å²) in [7, 11) is 0. The molecule has 0 aromatic heterocycles. The fourth-order valence-electron chi connectivity index (χ4n) is 2.13. The van der Waals surface area contributed by atoms with E-state index in [2.05, 4.69) is 5.32 Å². The van der Waals surface area contributed by atoms with Gasteiger partial charge < -0.3 is 11.1 Å². The number of hydrogen-bond donors (Lipinski definition) is 2. The van der Waals surface area contributed by atoms with E-state index in [9.17, 15) is 8.78 Å². The molecule has 1 saturated carbocycles. The van der Waals surface area contributed by atoms with Crippen molar-refractivity contribution in [1.29, 1.82) is 0 Å². The Morgan fingerprint density at radius 3 is 2.56 bits per heavy atom. The Kier molecular flexibility index (Phi) is 2.74. The molecule has 0 radical (unpaired) electrons. The standard InChI is InChI=1S/C12H16F2N2/c1-2-12(6-3-7-12)16-11-9(15)5-4-8(13)10(11)14/h4-5,16H,2-3,6-7,15H2,1H3. The molecule has 0 unspecified atom stereocenters. The van der Waals surface area contributed by atoms with Gasteiger partial charge in [-0.25, -0.2) is 8.78 Å². The number of rotatable bonds is 3. The number of nitrogen functional groups attached to an aromatic ring is 1. The quantitative estimate of drug-likeness (QED) is 0.776. The maximum absolute atomic E-state index is 13.6. The summed E-state index contributed by atoms with van der Waals surface area (Å²) in [6, 6.07) is 2.44. The topological polar surface area (TPSA) is 38.0 Å². The van der Waals surface area contributed by atoms with Crippen molar-refractivity contribution >= 4 is 11.4 Å². The Bertz CT molecular complexity index is 395. The van der Waals surface area contributed by atoms with Gasteiger partial charge in [-0.05, 0) is 37.8 Å². The van der Waals surface area contributed by atoms with E-state index in [1.807, 2.05) is 6.92 Å². The molecule has 0 saturated heterocycles. The van der Waals surface area contributed by atoms with Gasteiger partial charge in [0, 0.05) is 5.54 Å². The fraction of sp³-hybridized carbons (Fsp3) is 0.500. The van der Waals surface area contributed by atoms with Gasteiger partial charge in [-0.1, -0.05) is 6.92 Å². The molecule has 0 heterocycles. The number of hydrogen-bond acceptors (Lipinski definition) is 2. The molecule has 16 heavy (non-hydrogen) atoms. The monoisotopic (exact) mass is 226 g/mol. The second-order valence-electron chi connectivity index (χ2n) is 4.44. The Morgan fingerprint density at radius 1 is 1.38 bits per heavy atom. The smallest absolute Gasteiger partial charge is 0.183 e. The van der Waals surface area contributed by atoms with Crippen LogP contribution in [-0.2, 0) is 0 Å². The zero-order valence-electron chi connectivity index (χ0n) is 9.32. The number of nitrogens with one attached hydrogen (secondary N) is 1. The van der Waals surface area contributed by atoms with E-state index in [-0.39, 0.29) is 16.9 Å². The van der Waals surface area contributed by atoms with Crippen molar-refractivity contribution in [1.82, 2.24) is 0 Å². The average Bonchev–Trinajstić information content (AvgIpc) is 2.22. The summed E-state index contributed by atoms with van der Waals surface area (Å²) in [6.45, 7) is 2.04. The zero-order chi connectivity index (χ0) is 11.8. The van der Waals surface area contributed by atoms with E-state index in [1.165, 1.54) is 6.07 Å². The lowest BCUT2D eigenvalue weighted by Gasteiger charge is -2.43. The summed E-state index contributed by atoms with van der Waals surface area (Å²) in [6.07, 6.45) is 3.98. The molecule has 0 spiro atoms. The van der Waals surface area contributed by atoms with Crippen molar-refractivity contribution in [2.75, 3.05) is 11.1 Å². The van der Waals surface area contributed by atoms with Crippen LogP contribution in [0.4, 0.5) is 20.2 Å². The number of benzene rings is 1. The molecule has 0 aliphatic heterocycles. The molecule has 1 aromatic rings. The Morgan fingerprint density at radius 2 is 2.06 bits per heavy atom. The van der Waals surface area contributed by atoms with Gasteiger partial charge in [0.1, 0.15) is 0 Å². The van der Waals surface area contributed by atoms with Crippen LogP contribution in [0.15, 0.2) is 12.1 Å². The second-order valence-corrected chi connectivity index (χ2v) is 4.44. The highest BCUT2D eigenvalue weighted by Crippen LogP contribution is 2.40. The second kappa shape index (κ2) is 3.92. The lowest BCUT2D eigenvalue weighted by Crippen LogP contribution is -2.44. The van der Waals surface area contributed by atoms with Gasteiger partial charge in [0.25, 0.3) is 0 Å². The van der Waals surface area contributed by atoms with Crippen LogP contribution in [0.5, 0.6) is 0 Å². The van der Waals surface area contributed by atoms with Gasteiger partial charge in [0.05, 0.1) is 11.4 Å². The normalized spacial score (nSPS) is 17.9. The molecular formula is C12H16F2N2. The molecule has 0 amide bonds. The van der Waals surface area contributed by atoms with Crippen molar-refractivity contribution < 1.29 is 8.78 Å². The zero-order valence-corrected chi connectivity index (χ0v) is 9.32. The molecule has 1 aliphatic rings. The Hall–Kier alpha value is -1.32. The number of nitrogens with two attached hydrogens (primary N) is 1. The van der Waals surface area contributed by atoms with Crippen LogP contribution in [0.2, 0.25) is 0 Å². The highest BCUT2D eigenvalue weighted by Gasteiger charge is 2.36. The molecule has 2 nitrogen and oxygen atoms in total. The fourth-order valence-corrected chi connectivity index (χ4v) is 2.13. The van der Waals surface area contributed by atoms with Gasteiger partial charge in [0.2, 0.25) is 0 Å². The first kappa shape index (κ1) is 11.2. The first-order valence-electron chi connectivity index (χ1n) is 5.60. The minimum atomic E-state index is -0.875. The molecule has 1 aromatic carbocycles. The minimum absolute atomic E-state index is 0.0945. The number of anilines is 2. The molecule has 88 valence electrons. The third-order valence-electron chi connectivity index (χ3n) is 3.50. The molecule has 1 aliphatic carbocycles. The highest BCUT2D eigenvalue weighted by atomic mass is 19.2. The lowest BCUT2D eigenvalue weighted by molar-refractivity contribution is 0.268.